The average molecular weight is 315 g/mol. The third kappa shape index (κ3) is 3.17. The normalized spacial score (nSPS) is 12.3. The summed E-state index contributed by atoms with van der Waals surface area (Å²) in [5, 5.41) is -0.0836. The van der Waals surface area contributed by atoms with Crippen LogP contribution in [0.5, 0.6) is 0 Å². The molecule has 1 heterocycles. The standard InChI is InChI=1S/C11H13N3O4S2/c1-8-12-7-11(13-8)20(17,18)14-9-4-3-5-10(6-9)19(2,15)16/h3-7,14H,1-2H3,(H,12,13). The number of hydrogen-bond donors (Lipinski definition) is 2. The van der Waals surface area contributed by atoms with Crippen LogP contribution in [0, 0.1) is 6.92 Å². The predicted octanol–water partition coefficient (Wildman–Crippen LogP) is 0.922. The molecule has 0 amide bonds. The number of aromatic nitrogens is 2. The summed E-state index contributed by atoms with van der Waals surface area (Å²) < 4.78 is 49.2. The van der Waals surface area contributed by atoms with Crippen LogP contribution >= 0.6 is 0 Å². The molecule has 108 valence electrons. The molecule has 0 aliphatic carbocycles. The molecule has 0 spiro atoms. The highest BCUT2D eigenvalue weighted by Gasteiger charge is 2.17. The van der Waals surface area contributed by atoms with Gasteiger partial charge in [-0.1, -0.05) is 6.07 Å². The molecule has 0 bridgehead atoms. The second-order valence-electron chi connectivity index (χ2n) is 4.24. The van der Waals surface area contributed by atoms with Gasteiger partial charge in [0, 0.05) is 6.26 Å². The molecule has 1 aromatic carbocycles. The highest BCUT2D eigenvalue weighted by Crippen LogP contribution is 2.18. The number of rotatable bonds is 4. The first-order valence-electron chi connectivity index (χ1n) is 5.53. The van der Waals surface area contributed by atoms with Gasteiger partial charge in [0.2, 0.25) is 0 Å². The Morgan fingerprint density at radius 1 is 1.20 bits per heavy atom. The molecule has 2 rings (SSSR count). The molecular weight excluding hydrogens is 302 g/mol. The van der Waals surface area contributed by atoms with Crippen LogP contribution in [0.2, 0.25) is 0 Å². The van der Waals surface area contributed by atoms with Crippen LogP contribution in [-0.2, 0) is 19.9 Å². The van der Waals surface area contributed by atoms with Gasteiger partial charge in [0.1, 0.15) is 5.82 Å². The van der Waals surface area contributed by atoms with Crippen LogP contribution in [0.4, 0.5) is 5.69 Å². The smallest absolute Gasteiger partial charge is 0.278 e. The number of H-pyrrole nitrogens is 1. The van der Waals surface area contributed by atoms with E-state index in [0.29, 0.717) is 5.82 Å². The fourth-order valence-corrected chi connectivity index (χ4v) is 3.22. The zero-order chi connectivity index (χ0) is 15.0. The number of benzene rings is 1. The Balaban J connectivity index is 2.35. The summed E-state index contributed by atoms with van der Waals surface area (Å²) in [5.41, 5.74) is 0.167. The van der Waals surface area contributed by atoms with Crippen molar-refractivity contribution in [2.24, 2.45) is 0 Å². The van der Waals surface area contributed by atoms with E-state index in [1.165, 1.54) is 30.5 Å². The molecule has 0 aliphatic rings. The number of sulfonamides is 1. The first-order chi connectivity index (χ1) is 9.18. The van der Waals surface area contributed by atoms with Crippen molar-refractivity contribution in [3.63, 3.8) is 0 Å². The molecule has 20 heavy (non-hydrogen) atoms. The number of anilines is 1. The van der Waals surface area contributed by atoms with Gasteiger partial charge in [-0.3, -0.25) is 4.72 Å². The SMILES string of the molecule is Cc1ncc(S(=O)(=O)Nc2cccc(S(C)(=O)=O)c2)[nH]1. The topological polar surface area (TPSA) is 109 Å². The predicted molar refractivity (Wildman–Crippen MR) is 73.7 cm³/mol. The van der Waals surface area contributed by atoms with Crippen LogP contribution in [0.1, 0.15) is 5.82 Å². The third-order valence-electron chi connectivity index (χ3n) is 2.48. The molecule has 0 unspecified atom stereocenters. The maximum Gasteiger partial charge on any atom is 0.278 e. The third-order valence-corrected chi connectivity index (χ3v) is 4.88. The Bertz CT molecular complexity index is 838. The second kappa shape index (κ2) is 4.91. The van der Waals surface area contributed by atoms with Crippen molar-refractivity contribution >= 4 is 25.5 Å². The number of hydrogen-bond acceptors (Lipinski definition) is 5. The molecule has 2 aromatic rings. The van der Waals surface area contributed by atoms with Gasteiger partial charge in [0.25, 0.3) is 10.0 Å². The number of aryl methyl sites for hydroxylation is 1. The van der Waals surface area contributed by atoms with Crippen LogP contribution in [0.3, 0.4) is 0 Å². The molecule has 0 saturated heterocycles. The molecule has 7 nitrogen and oxygen atoms in total. The number of nitrogens with zero attached hydrogens (tertiary/aromatic N) is 1. The summed E-state index contributed by atoms with van der Waals surface area (Å²) in [7, 11) is -7.21. The van der Waals surface area contributed by atoms with Crippen molar-refractivity contribution in [1.29, 1.82) is 0 Å². The Morgan fingerprint density at radius 3 is 2.45 bits per heavy atom. The van der Waals surface area contributed by atoms with Crippen LogP contribution < -0.4 is 4.72 Å². The fourth-order valence-electron chi connectivity index (χ4n) is 1.54. The molecule has 1 aromatic heterocycles. The van der Waals surface area contributed by atoms with Crippen molar-refractivity contribution < 1.29 is 16.8 Å². The molecule has 0 aliphatic heterocycles. The van der Waals surface area contributed by atoms with Gasteiger partial charge in [0.05, 0.1) is 16.8 Å². The molecule has 9 heteroatoms. The largest absolute Gasteiger partial charge is 0.332 e. The van der Waals surface area contributed by atoms with E-state index in [4.69, 9.17) is 0 Å². The molecule has 0 fully saturated rings. The average Bonchev–Trinajstić information content (AvgIpc) is 2.75. The fraction of sp³-hybridized carbons (Fsp3) is 0.182. The van der Waals surface area contributed by atoms with Gasteiger partial charge >= 0.3 is 0 Å². The quantitative estimate of drug-likeness (QED) is 0.872. The lowest BCUT2D eigenvalue weighted by Gasteiger charge is -2.07. The van der Waals surface area contributed by atoms with Crippen molar-refractivity contribution in [1.82, 2.24) is 9.97 Å². The number of sulfone groups is 1. The van der Waals surface area contributed by atoms with Crippen LogP contribution in [0.25, 0.3) is 0 Å². The number of nitrogens with one attached hydrogen (secondary N) is 2. The van der Waals surface area contributed by atoms with Gasteiger partial charge in [-0.2, -0.15) is 8.42 Å². The summed E-state index contributed by atoms with van der Waals surface area (Å²) in [5.74, 6) is 0.468. The van der Waals surface area contributed by atoms with Crippen molar-refractivity contribution in [3.05, 3.63) is 36.3 Å². The lowest BCUT2D eigenvalue weighted by molar-refractivity contribution is 0.597. The summed E-state index contributed by atoms with van der Waals surface area (Å²) in [6.45, 7) is 1.63. The Morgan fingerprint density at radius 2 is 1.90 bits per heavy atom. The highest BCUT2D eigenvalue weighted by atomic mass is 32.2. The Kier molecular flexibility index (Phi) is 3.57. The summed E-state index contributed by atoms with van der Waals surface area (Å²) in [6, 6.07) is 5.59. The van der Waals surface area contributed by atoms with Crippen molar-refractivity contribution in [2.75, 3.05) is 11.0 Å². The maximum atomic E-state index is 12.0. The van der Waals surface area contributed by atoms with E-state index in [1.807, 2.05) is 0 Å². The minimum atomic E-state index is -3.82. The zero-order valence-electron chi connectivity index (χ0n) is 10.8. The van der Waals surface area contributed by atoms with Gasteiger partial charge in [-0.25, -0.2) is 13.4 Å². The Hall–Kier alpha value is -1.87. The van der Waals surface area contributed by atoms with E-state index < -0.39 is 19.9 Å². The van der Waals surface area contributed by atoms with Gasteiger partial charge in [-0.15, -0.1) is 0 Å². The minimum absolute atomic E-state index is 0.0403. The van der Waals surface area contributed by atoms with Crippen LogP contribution in [-0.4, -0.2) is 33.1 Å². The minimum Gasteiger partial charge on any atom is -0.332 e. The van der Waals surface area contributed by atoms with Gasteiger partial charge in [-0.05, 0) is 25.1 Å². The summed E-state index contributed by atoms with van der Waals surface area (Å²) >= 11 is 0. The maximum absolute atomic E-state index is 12.0. The Labute approximate surface area is 117 Å². The molecule has 0 saturated carbocycles. The molecule has 0 radical (unpaired) electrons. The molecule has 2 N–H and O–H groups in total. The van der Waals surface area contributed by atoms with Crippen molar-refractivity contribution in [2.45, 2.75) is 16.8 Å². The van der Waals surface area contributed by atoms with E-state index in [1.54, 1.807) is 6.92 Å². The monoisotopic (exact) mass is 315 g/mol. The summed E-state index contributed by atoms with van der Waals surface area (Å²) in [4.78, 5) is 6.45. The first-order valence-corrected chi connectivity index (χ1v) is 8.90. The van der Waals surface area contributed by atoms with E-state index >= 15 is 0 Å². The summed E-state index contributed by atoms with van der Waals surface area (Å²) in [6.07, 6.45) is 2.25. The zero-order valence-corrected chi connectivity index (χ0v) is 12.4. The van der Waals surface area contributed by atoms with Gasteiger partial charge in [0.15, 0.2) is 14.9 Å². The molecular formula is C11H13N3O4S2. The van der Waals surface area contributed by atoms with Crippen LogP contribution in [0.15, 0.2) is 40.4 Å². The molecule has 0 atom stereocenters. The second-order valence-corrected chi connectivity index (χ2v) is 7.90. The van der Waals surface area contributed by atoms with E-state index in [9.17, 15) is 16.8 Å². The van der Waals surface area contributed by atoms with E-state index in [2.05, 4.69) is 14.7 Å². The number of imidazole rings is 1. The number of aromatic amines is 1. The lowest BCUT2D eigenvalue weighted by Crippen LogP contribution is -2.13. The highest BCUT2D eigenvalue weighted by molar-refractivity contribution is 7.92. The van der Waals surface area contributed by atoms with Gasteiger partial charge < -0.3 is 4.98 Å². The lowest BCUT2D eigenvalue weighted by atomic mass is 10.3. The first kappa shape index (κ1) is 14.5. The van der Waals surface area contributed by atoms with E-state index in [-0.39, 0.29) is 15.6 Å². The van der Waals surface area contributed by atoms with Crippen molar-refractivity contribution in [3.8, 4) is 0 Å². The van der Waals surface area contributed by atoms with E-state index in [0.717, 1.165) is 6.26 Å².